The minimum atomic E-state index is 0.000210. The van der Waals surface area contributed by atoms with Crippen LogP contribution >= 0.6 is 0 Å². The zero-order chi connectivity index (χ0) is 25.5. The molecular weight excluding hydrogens is 468 g/mol. The number of hydrogen-bond acceptors (Lipinski definition) is 8. The maximum absolute atomic E-state index is 11.0. The van der Waals surface area contributed by atoms with E-state index >= 15 is 0 Å². The zero-order valence-electron chi connectivity index (χ0n) is 19.5. The van der Waals surface area contributed by atoms with Crippen LogP contribution in [-0.2, 0) is 0 Å². The molecular formula is C29H20N4O4. The summed E-state index contributed by atoms with van der Waals surface area (Å²) in [6.07, 6.45) is 1.51. The van der Waals surface area contributed by atoms with Crippen LogP contribution in [0.5, 0.6) is 23.5 Å². The van der Waals surface area contributed by atoms with Crippen LogP contribution in [0, 0.1) is 0 Å². The second-order valence-corrected chi connectivity index (χ2v) is 7.78. The van der Waals surface area contributed by atoms with E-state index in [1.54, 1.807) is 48.5 Å². The Morgan fingerprint density at radius 1 is 0.514 bits per heavy atom. The van der Waals surface area contributed by atoms with Gasteiger partial charge in [0.05, 0.1) is 0 Å². The first kappa shape index (κ1) is 23.4. The molecule has 0 spiro atoms. The predicted octanol–water partition coefficient (Wildman–Crippen LogP) is 6.55. The number of para-hydroxylation sites is 2. The molecule has 5 aromatic rings. The second kappa shape index (κ2) is 10.9. The van der Waals surface area contributed by atoms with Gasteiger partial charge in [-0.25, -0.2) is 0 Å². The number of aromatic nitrogens is 3. The smallest absolute Gasteiger partial charge is 0.330 e. The molecule has 8 heteroatoms. The number of anilines is 3. The van der Waals surface area contributed by atoms with Gasteiger partial charge in [0.2, 0.25) is 5.95 Å². The monoisotopic (exact) mass is 488 g/mol. The SMILES string of the molecule is O=Cc1ccc(Oc2nc(Oc3ccc(C=O)cc3)nc(N(c3ccccc3)c3ccccc3)n2)cc1. The maximum Gasteiger partial charge on any atom is 0.330 e. The van der Waals surface area contributed by atoms with Crippen molar-refractivity contribution in [2.24, 2.45) is 0 Å². The summed E-state index contributed by atoms with van der Waals surface area (Å²) < 4.78 is 11.8. The summed E-state index contributed by atoms with van der Waals surface area (Å²) in [7, 11) is 0. The summed E-state index contributed by atoms with van der Waals surface area (Å²) in [6.45, 7) is 0. The van der Waals surface area contributed by atoms with E-state index in [1.807, 2.05) is 65.6 Å². The van der Waals surface area contributed by atoms with Gasteiger partial charge in [0.1, 0.15) is 24.1 Å². The fourth-order valence-corrected chi connectivity index (χ4v) is 3.49. The Morgan fingerprint density at radius 3 is 1.30 bits per heavy atom. The molecule has 0 saturated heterocycles. The average Bonchev–Trinajstić information content (AvgIpc) is 2.95. The van der Waals surface area contributed by atoms with Gasteiger partial charge in [-0.15, -0.1) is 4.98 Å². The third-order valence-electron chi connectivity index (χ3n) is 5.26. The maximum atomic E-state index is 11.0. The largest absolute Gasteiger partial charge is 0.424 e. The van der Waals surface area contributed by atoms with Crippen molar-refractivity contribution in [2.45, 2.75) is 0 Å². The van der Waals surface area contributed by atoms with Crippen molar-refractivity contribution in [3.8, 4) is 23.5 Å². The van der Waals surface area contributed by atoms with Crippen LogP contribution in [0.25, 0.3) is 0 Å². The molecule has 0 aliphatic heterocycles. The number of carbonyl (C=O) groups excluding carboxylic acids is 2. The van der Waals surface area contributed by atoms with Crippen LogP contribution in [0.2, 0.25) is 0 Å². The van der Waals surface area contributed by atoms with Gasteiger partial charge < -0.3 is 9.47 Å². The Kier molecular flexibility index (Phi) is 6.90. The second-order valence-electron chi connectivity index (χ2n) is 7.78. The molecule has 5 rings (SSSR count). The van der Waals surface area contributed by atoms with Crippen molar-refractivity contribution >= 4 is 29.9 Å². The lowest BCUT2D eigenvalue weighted by Crippen LogP contribution is -2.14. The number of hydrogen-bond donors (Lipinski definition) is 0. The third-order valence-corrected chi connectivity index (χ3v) is 5.26. The van der Waals surface area contributed by atoms with E-state index in [9.17, 15) is 9.59 Å². The molecule has 1 aromatic heterocycles. The first-order valence-corrected chi connectivity index (χ1v) is 11.3. The van der Waals surface area contributed by atoms with E-state index in [-0.39, 0.29) is 18.0 Å². The standard InChI is InChI=1S/C29H20N4O4/c34-19-21-11-15-25(16-12-21)36-28-30-27(31-29(32-28)37-26-17-13-22(20-35)14-18-26)33(23-7-3-1-4-8-23)24-9-5-2-6-10-24/h1-20H. The Balaban J connectivity index is 1.59. The third kappa shape index (κ3) is 5.66. The fraction of sp³-hybridized carbons (Fsp3) is 0. The average molecular weight is 489 g/mol. The molecule has 0 saturated carbocycles. The highest BCUT2D eigenvalue weighted by atomic mass is 16.5. The van der Waals surface area contributed by atoms with Crippen molar-refractivity contribution in [3.63, 3.8) is 0 Å². The van der Waals surface area contributed by atoms with E-state index in [2.05, 4.69) is 15.0 Å². The van der Waals surface area contributed by atoms with Crippen molar-refractivity contribution in [2.75, 3.05) is 4.90 Å². The number of rotatable bonds is 9. The van der Waals surface area contributed by atoms with Crippen LogP contribution in [0.1, 0.15) is 20.7 Å². The number of aldehydes is 2. The number of carbonyl (C=O) groups is 2. The van der Waals surface area contributed by atoms with Gasteiger partial charge in [-0.2, -0.15) is 9.97 Å². The summed E-state index contributed by atoms with van der Waals surface area (Å²) in [6, 6.07) is 32.4. The van der Waals surface area contributed by atoms with Crippen molar-refractivity contribution in [1.29, 1.82) is 0 Å². The van der Waals surface area contributed by atoms with Gasteiger partial charge in [0.15, 0.2) is 0 Å². The molecule has 0 aliphatic rings. The lowest BCUT2D eigenvalue weighted by atomic mass is 10.2. The molecule has 4 aromatic carbocycles. The van der Waals surface area contributed by atoms with E-state index in [1.165, 1.54) is 0 Å². The van der Waals surface area contributed by atoms with Crippen molar-refractivity contribution in [1.82, 2.24) is 15.0 Å². The fourth-order valence-electron chi connectivity index (χ4n) is 3.49. The lowest BCUT2D eigenvalue weighted by molar-refractivity contribution is 0.111. The highest BCUT2D eigenvalue weighted by Crippen LogP contribution is 2.34. The number of nitrogens with zero attached hydrogens (tertiary/aromatic N) is 4. The van der Waals surface area contributed by atoms with Gasteiger partial charge in [-0.1, -0.05) is 36.4 Å². The van der Waals surface area contributed by atoms with Crippen LogP contribution in [0.15, 0.2) is 109 Å². The molecule has 0 N–H and O–H groups in total. The molecule has 0 bridgehead atoms. The molecule has 0 radical (unpaired) electrons. The lowest BCUT2D eigenvalue weighted by Gasteiger charge is -2.23. The van der Waals surface area contributed by atoms with Crippen LogP contribution in [0.3, 0.4) is 0 Å². The van der Waals surface area contributed by atoms with Gasteiger partial charge >= 0.3 is 12.0 Å². The first-order valence-electron chi connectivity index (χ1n) is 11.3. The molecule has 0 atom stereocenters. The van der Waals surface area contributed by atoms with E-state index in [0.29, 0.717) is 22.6 Å². The van der Waals surface area contributed by atoms with Gasteiger partial charge in [-0.3, -0.25) is 14.5 Å². The Bertz CT molecular complexity index is 1380. The predicted molar refractivity (Wildman–Crippen MR) is 138 cm³/mol. The summed E-state index contributed by atoms with van der Waals surface area (Å²) in [4.78, 5) is 37.4. The summed E-state index contributed by atoms with van der Waals surface area (Å²) in [5.41, 5.74) is 2.68. The molecule has 0 amide bonds. The van der Waals surface area contributed by atoms with E-state index in [4.69, 9.17) is 9.47 Å². The van der Waals surface area contributed by atoms with Crippen LogP contribution in [-0.4, -0.2) is 27.5 Å². The number of benzene rings is 4. The molecule has 37 heavy (non-hydrogen) atoms. The highest BCUT2D eigenvalue weighted by Gasteiger charge is 2.19. The normalized spacial score (nSPS) is 10.4. The van der Waals surface area contributed by atoms with Gasteiger partial charge in [0, 0.05) is 22.5 Å². The van der Waals surface area contributed by atoms with Crippen LogP contribution in [0.4, 0.5) is 17.3 Å². The Morgan fingerprint density at radius 2 is 0.919 bits per heavy atom. The number of ether oxygens (including phenoxy) is 2. The van der Waals surface area contributed by atoms with Gasteiger partial charge in [-0.05, 0) is 72.8 Å². The van der Waals surface area contributed by atoms with Crippen LogP contribution < -0.4 is 14.4 Å². The molecule has 0 unspecified atom stereocenters. The Labute approximate surface area is 212 Å². The summed E-state index contributed by atoms with van der Waals surface area (Å²) >= 11 is 0. The highest BCUT2D eigenvalue weighted by molar-refractivity contribution is 5.75. The molecule has 1 heterocycles. The molecule has 180 valence electrons. The Hall–Kier alpha value is -5.37. The summed E-state index contributed by atoms with van der Waals surface area (Å²) in [5, 5.41) is 0. The van der Waals surface area contributed by atoms with E-state index < -0.39 is 0 Å². The zero-order valence-corrected chi connectivity index (χ0v) is 19.5. The van der Waals surface area contributed by atoms with Gasteiger partial charge in [0.25, 0.3) is 0 Å². The minimum Gasteiger partial charge on any atom is -0.424 e. The molecule has 8 nitrogen and oxygen atoms in total. The quantitative estimate of drug-likeness (QED) is 0.216. The summed E-state index contributed by atoms with van der Waals surface area (Å²) in [5.74, 6) is 1.15. The van der Waals surface area contributed by atoms with E-state index in [0.717, 1.165) is 23.9 Å². The topological polar surface area (TPSA) is 94.5 Å². The van der Waals surface area contributed by atoms with Crippen molar-refractivity contribution in [3.05, 3.63) is 120 Å². The minimum absolute atomic E-state index is 0.000210. The first-order chi connectivity index (χ1) is 18.2. The molecule has 0 aliphatic carbocycles. The molecule has 0 fully saturated rings. The van der Waals surface area contributed by atoms with Crippen molar-refractivity contribution < 1.29 is 19.1 Å².